The number of anilines is 2. The van der Waals surface area contributed by atoms with Gasteiger partial charge in [0.2, 0.25) is 11.8 Å². The van der Waals surface area contributed by atoms with Gasteiger partial charge in [0.05, 0.1) is 36.9 Å². The molecule has 8 rings (SSSR count). The number of hydrogen-bond acceptors (Lipinski definition) is 13. The number of halogens is 3. The maximum Gasteiger partial charge on any atom is 0.319 e. The third-order valence-corrected chi connectivity index (χ3v) is 10.8. The standard InChI is InChI=1S/C39H38F3N11O3/c1-22-45-13-10-25(46-22)7-8-29(54)53-16-15-51(20-26(53)9-12-43)36-31-33(49-38(50-36)56-21-39-11-4-14-52(39)19-24(40)18-39)32(42)35(48-37(31)55-2)34-30-23(17-28(44)47-34)5-3-6-27(30)41/h3,5-8,10,13,17,24,26H,4,9,11,14-16,18-21H2,1-2H3,(H2,44,47)/b8-7+/t24-,26?,39+/m1/s1. The Labute approximate surface area is 319 Å². The third-order valence-electron chi connectivity index (χ3n) is 10.8. The van der Waals surface area contributed by atoms with E-state index in [2.05, 4.69) is 35.9 Å². The van der Waals surface area contributed by atoms with Gasteiger partial charge in [0, 0.05) is 50.3 Å². The molecule has 1 unspecified atom stereocenters. The van der Waals surface area contributed by atoms with E-state index in [0.717, 1.165) is 19.4 Å². The summed E-state index contributed by atoms with van der Waals surface area (Å²) in [5.41, 5.74) is 5.37. The molecule has 2 N–H and O–H groups in total. The zero-order chi connectivity index (χ0) is 39.1. The SMILES string of the molecule is COc1nc(-c2nc(N)cc3cccc(F)c23)c(F)c2nc(OC[C@@]34CCCN3C[C@H](F)C4)nc(N3CCN(C(=O)/C=C/c4ccnc(C)n4)C(CC#N)C3)c12. The molecule has 0 radical (unpaired) electrons. The molecule has 14 nitrogen and oxygen atoms in total. The van der Waals surface area contributed by atoms with Gasteiger partial charge in [-0.25, -0.2) is 33.1 Å². The molecule has 3 aliphatic heterocycles. The monoisotopic (exact) mass is 765 g/mol. The minimum absolute atomic E-state index is 0.00622. The normalized spacial score (nSPS) is 21.2. The number of aryl methyl sites for hydroxylation is 1. The molecule has 3 saturated heterocycles. The molecule has 4 aromatic heterocycles. The van der Waals surface area contributed by atoms with Crippen LogP contribution in [0.4, 0.5) is 24.8 Å². The summed E-state index contributed by atoms with van der Waals surface area (Å²) in [6, 6.07) is 8.95. The van der Waals surface area contributed by atoms with E-state index in [1.54, 1.807) is 36.2 Å². The average Bonchev–Trinajstić information content (AvgIpc) is 3.71. The van der Waals surface area contributed by atoms with Crippen molar-refractivity contribution in [3.05, 3.63) is 65.8 Å². The van der Waals surface area contributed by atoms with Gasteiger partial charge in [0.1, 0.15) is 58.3 Å². The van der Waals surface area contributed by atoms with Crippen LogP contribution in [0.2, 0.25) is 0 Å². The number of alkyl halides is 1. The molecule has 1 amide bonds. The molecule has 17 heteroatoms. The van der Waals surface area contributed by atoms with Crippen molar-refractivity contribution in [2.45, 2.75) is 50.4 Å². The van der Waals surface area contributed by atoms with Crippen LogP contribution in [0.15, 0.2) is 42.6 Å². The molecular weight excluding hydrogens is 727 g/mol. The second kappa shape index (κ2) is 14.8. The van der Waals surface area contributed by atoms with Gasteiger partial charge in [0.25, 0.3) is 0 Å². The Bertz CT molecular complexity index is 2430. The van der Waals surface area contributed by atoms with Crippen LogP contribution in [0.1, 0.15) is 37.2 Å². The number of fused-ring (bicyclic) bond motifs is 3. The molecule has 3 fully saturated rings. The Balaban J connectivity index is 1.22. The maximum atomic E-state index is 17.2. The second-order valence-corrected chi connectivity index (χ2v) is 14.3. The van der Waals surface area contributed by atoms with E-state index in [9.17, 15) is 14.4 Å². The fourth-order valence-electron chi connectivity index (χ4n) is 8.25. The van der Waals surface area contributed by atoms with Crippen LogP contribution in [0.5, 0.6) is 11.9 Å². The molecule has 5 aromatic rings. The average molecular weight is 766 g/mol. The number of aromatic nitrogens is 6. The predicted molar refractivity (Wildman–Crippen MR) is 201 cm³/mol. The van der Waals surface area contributed by atoms with Gasteiger partial charge in [-0.2, -0.15) is 15.2 Å². The molecule has 1 aromatic carbocycles. The minimum Gasteiger partial charge on any atom is -0.480 e. The highest BCUT2D eigenvalue weighted by atomic mass is 19.1. The maximum absolute atomic E-state index is 17.2. The van der Waals surface area contributed by atoms with E-state index >= 15 is 8.78 Å². The number of hydrogen-bond donors (Lipinski definition) is 1. The first kappa shape index (κ1) is 36.8. The molecular formula is C39H38F3N11O3. The summed E-state index contributed by atoms with van der Waals surface area (Å²) >= 11 is 0. The Morgan fingerprint density at radius 3 is 2.75 bits per heavy atom. The highest BCUT2D eigenvalue weighted by molar-refractivity contribution is 6.01. The Kier molecular flexibility index (Phi) is 9.75. The van der Waals surface area contributed by atoms with Crippen molar-refractivity contribution in [1.82, 2.24) is 39.7 Å². The van der Waals surface area contributed by atoms with Crippen molar-refractivity contribution >= 4 is 45.3 Å². The number of nitriles is 1. The van der Waals surface area contributed by atoms with Crippen LogP contribution in [0, 0.1) is 29.9 Å². The molecule has 0 bridgehead atoms. The number of carbonyl (C=O) groups excluding carboxylic acids is 1. The number of nitrogen functional groups attached to an aromatic ring is 1. The number of rotatable bonds is 9. The Hall–Kier alpha value is -6.15. The number of nitrogens with two attached hydrogens (primary N) is 1. The number of nitrogens with zero attached hydrogens (tertiary/aromatic N) is 10. The summed E-state index contributed by atoms with van der Waals surface area (Å²) in [5, 5.41) is 10.3. The lowest BCUT2D eigenvalue weighted by Gasteiger charge is -2.41. The third kappa shape index (κ3) is 6.74. The molecule has 3 aliphatic rings. The van der Waals surface area contributed by atoms with E-state index in [4.69, 9.17) is 20.2 Å². The Morgan fingerprint density at radius 2 is 1.95 bits per heavy atom. The first-order valence-electron chi connectivity index (χ1n) is 18.3. The number of methoxy groups -OCH3 is 1. The summed E-state index contributed by atoms with van der Waals surface area (Å²) in [6.45, 7) is 3.40. The molecule has 0 aliphatic carbocycles. The van der Waals surface area contributed by atoms with E-state index in [1.165, 1.54) is 31.4 Å². The van der Waals surface area contributed by atoms with Crippen LogP contribution in [0.25, 0.3) is 39.1 Å². The summed E-state index contributed by atoms with van der Waals surface area (Å²) in [4.78, 5) is 45.5. The van der Waals surface area contributed by atoms with Gasteiger partial charge >= 0.3 is 6.01 Å². The summed E-state index contributed by atoms with van der Waals surface area (Å²) < 4.78 is 59.2. The summed E-state index contributed by atoms with van der Waals surface area (Å²) in [5.74, 6) is -1.23. The topological polar surface area (TPSA) is 172 Å². The van der Waals surface area contributed by atoms with Crippen LogP contribution >= 0.6 is 0 Å². The Morgan fingerprint density at radius 1 is 1.09 bits per heavy atom. The van der Waals surface area contributed by atoms with Gasteiger partial charge in [-0.15, -0.1) is 0 Å². The van der Waals surface area contributed by atoms with Gasteiger partial charge in [-0.3, -0.25) is 9.69 Å². The van der Waals surface area contributed by atoms with Crippen LogP contribution in [-0.2, 0) is 4.79 Å². The van der Waals surface area contributed by atoms with Gasteiger partial charge in [-0.05, 0) is 56.0 Å². The zero-order valence-corrected chi connectivity index (χ0v) is 30.8. The molecule has 0 spiro atoms. The van der Waals surface area contributed by atoms with Crippen LogP contribution in [-0.4, -0.2) is 110 Å². The van der Waals surface area contributed by atoms with E-state index < -0.39 is 29.4 Å². The highest BCUT2D eigenvalue weighted by Crippen LogP contribution is 2.43. The van der Waals surface area contributed by atoms with Crippen LogP contribution < -0.4 is 20.1 Å². The van der Waals surface area contributed by atoms with E-state index in [0.29, 0.717) is 29.9 Å². The van der Waals surface area contributed by atoms with Crippen molar-refractivity contribution in [3.8, 4) is 29.3 Å². The fourth-order valence-corrected chi connectivity index (χ4v) is 8.25. The molecule has 56 heavy (non-hydrogen) atoms. The number of ether oxygens (including phenoxy) is 2. The number of amides is 1. The smallest absolute Gasteiger partial charge is 0.319 e. The number of benzene rings is 1. The number of piperazine rings is 1. The first-order valence-corrected chi connectivity index (χ1v) is 18.3. The van der Waals surface area contributed by atoms with Crippen LogP contribution in [0.3, 0.4) is 0 Å². The first-order chi connectivity index (χ1) is 27.1. The van der Waals surface area contributed by atoms with Crippen molar-refractivity contribution in [1.29, 1.82) is 5.26 Å². The number of carbonyl (C=O) groups is 1. The molecule has 3 atom stereocenters. The second-order valence-electron chi connectivity index (χ2n) is 14.3. The fraction of sp³-hybridized carbons (Fsp3) is 0.385. The van der Waals surface area contributed by atoms with Gasteiger partial charge < -0.3 is 25.0 Å². The lowest BCUT2D eigenvalue weighted by molar-refractivity contribution is -0.128. The zero-order valence-electron chi connectivity index (χ0n) is 30.8. The van der Waals surface area contributed by atoms with Crippen molar-refractivity contribution in [2.24, 2.45) is 0 Å². The minimum atomic E-state index is -1.00. The molecule has 0 saturated carbocycles. The van der Waals surface area contributed by atoms with Gasteiger partial charge in [0.15, 0.2) is 5.82 Å². The molecule has 7 heterocycles. The highest BCUT2D eigenvalue weighted by Gasteiger charge is 2.49. The lowest BCUT2D eigenvalue weighted by atomic mass is 9.95. The van der Waals surface area contributed by atoms with Crippen molar-refractivity contribution in [2.75, 3.05) is 57.1 Å². The van der Waals surface area contributed by atoms with Gasteiger partial charge in [-0.1, -0.05) is 12.1 Å². The van der Waals surface area contributed by atoms with Crippen molar-refractivity contribution < 1.29 is 27.4 Å². The molecule has 288 valence electrons. The lowest BCUT2D eigenvalue weighted by Crippen LogP contribution is -2.55. The van der Waals surface area contributed by atoms with E-state index in [-0.39, 0.29) is 89.8 Å². The summed E-state index contributed by atoms with van der Waals surface area (Å²) in [7, 11) is 1.35. The summed E-state index contributed by atoms with van der Waals surface area (Å²) in [6.07, 6.45) is 5.49. The van der Waals surface area contributed by atoms with E-state index in [1.807, 2.05) is 4.90 Å². The predicted octanol–water partition coefficient (Wildman–Crippen LogP) is 4.81. The largest absolute Gasteiger partial charge is 0.480 e. The number of pyridine rings is 2. The quantitative estimate of drug-likeness (QED) is 0.203. The van der Waals surface area contributed by atoms with Crippen molar-refractivity contribution in [3.63, 3.8) is 0 Å².